The first-order chi connectivity index (χ1) is 12.9. The number of amides is 1. The number of likely N-dealkylation sites (tertiary alicyclic amines) is 1. The number of rotatable bonds is 5. The summed E-state index contributed by atoms with van der Waals surface area (Å²) in [5.74, 6) is -2.47. The average Bonchev–Trinajstić information content (AvgIpc) is 3.13. The molecule has 1 heterocycles. The first-order valence-corrected chi connectivity index (χ1v) is 8.44. The summed E-state index contributed by atoms with van der Waals surface area (Å²) >= 11 is 0. The van der Waals surface area contributed by atoms with Gasteiger partial charge in [-0.05, 0) is 35.9 Å². The Balaban J connectivity index is 1.86. The minimum absolute atomic E-state index is 0.0469. The molecule has 0 unspecified atom stereocenters. The van der Waals surface area contributed by atoms with E-state index in [4.69, 9.17) is 9.47 Å². The summed E-state index contributed by atoms with van der Waals surface area (Å²) in [4.78, 5) is 26.0. The molecule has 0 spiro atoms. The number of carbonyl (C=O) groups is 2. The molecule has 1 saturated heterocycles. The first-order valence-electron chi connectivity index (χ1n) is 8.44. The van der Waals surface area contributed by atoms with Crippen molar-refractivity contribution in [3.8, 4) is 11.5 Å². The summed E-state index contributed by atoms with van der Waals surface area (Å²) in [5, 5.41) is 9.61. The Bertz CT molecular complexity index is 869. The van der Waals surface area contributed by atoms with Gasteiger partial charge in [-0.3, -0.25) is 9.59 Å². The Kier molecular flexibility index (Phi) is 5.30. The van der Waals surface area contributed by atoms with Crippen molar-refractivity contribution in [3.63, 3.8) is 0 Å². The maximum atomic E-state index is 13.9. The third-order valence-electron chi connectivity index (χ3n) is 4.84. The number of hydrogen-bond donors (Lipinski definition) is 1. The van der Waals surface area contributed by atoms with Crippen molar-refractivity contribution in [1.82, 2.24) is 4.90 Å². The van der Waals surface area contributed by atoms with Crippen LogP contribution < -0.4 is 9.47 Å². The molecule has 0 aliphatic carbocycles. The molecule has 142 valence electrons. The smallest absolute Gasteiger partial charge is 0.308 e. The summed E-state index contributed by atoms with van der Waals surface area (Å²) in [5.41, 5.74) is 0.946. The average molecular weight is 373 g/mol. The molecule has 1 aliphatic rings. The predicted octanol–water partition coefficient (Wildman–Crippen LogP) is 2.78. The fraction of sp³-hybridized carbons (Fsp3) is 0.300. The zero-order valence-electron chi connectivity index (χ0n) is 15.0. The maximum absolute atomic E-state index is 13.9. The highest BCUT2D eigenvalue weighted by Gasteiger charge is 2.40. The van der Waals surface area contributed by atoms with Crippen LogP contribution in [0.15, 0.2) is 42.5 Å². The molecule has 2 aromatic carbocycles. The van der Waals surface area contributed by atoms with Gasteiger partial charge in [0.05, 0.1) is 20.1 Å². The van der Waals surface area contributed by atoms with E-state index < -0.39 is 23.6 Å². The molecule has 1 amide bonds. The lowest BCUT2D eigenvalue weighted by Gasteiger charge is -2.17. The summed E-state index contributed by atoms with van der Waals surface area (Å²) in [6.07, 6.45) is 0. The van der Waals surface area contributed by atoms with Gasteiger partial charge in [0.15, 0.2) is 11.6 Å². The van der Waals surface area contributed by atoms with E-state index in [2.05, 4.69) is 0 Å². The van der Waals surface area contributed by atoms with Crippen molar-refractivity contribution in [1.29, 1.82) is 0 Å². The van der Waals surface area contributed by atoms with Gasteiger partial charge in [0.25, 0.3) is 5.91 Å². The van der Waals surface area contributed by atoms with Crippen LogP contribution in [0.1, 0.15) is 21.8 Å². The molecule has 1 N–H and O–H groups in total. The van der Waals surface area contributed by atoms with Gasteiger partial charge >= 0.3 is 5.97 Å². The van der Waals surface area contributed by atoms with Crippen LogP contribution in [-0.4, -0.2) is 49.2 Å². The molecular weight excluding hydrogens is 353 g/mol. The lowest BCUT2D eigenvalue weighted by molar-refractivity contribution is -0.141. The van der Waals surface area contributed by atoms with E-state index in [1.807, 2.05) is 6.07 Å². The molecule has 0 bridgehead atoms. The Morgan fingerprint density at radius 1 is 1.11 bits per heavy atom. The van der Waals surface area contributed by atoms with Crippen LogP contribution in [0.5, 0.6) is 11.5 Å². The molecule has 1 fully saturated rings. The number of aliphatic carboxylic acids is 1. The van der Waals surface area contributed by atoms with E-state index in [1.54, 1.807) is 18.2 Å². The third-order valence-corrected chi connectivity index (χ3v) is 4.84. The Morgan fingerprint density at radius 2 is 1.89 bits per heavy atom. The lowest BCUT2D eigenvalue weighted by Crippen LogP contribution is -2.30. The molecular formula is C20H20FNO5. The van der Waals surface area contributed by atoms with Crippen LogP contribution in [0.2, 0.25) is 0 Å². The van der Waals surface area contributed by atoms with E-state index in [0.717, 1.165) is 11.6 Å². The second-order valence-corrected chi connectivity index (χ2v) is 6.39. The minimum atomic E-state index is -0.973. The molecule has 7 heteroatoms. The highest BCUT2D eigenvalue weighted by atomic mass is 19.1. The van der Waals surface area contributed by atoms with Crippen molar-refractivity contribution >= 4 is 11.9 Å². The zero-order valence-corrected chi connectivity index (χ0v) is 15.0. The van der Waals surface area contributed by atoms with Crippen LogP contribution >= 0.6 is 0 Å². The standard InChI is InChI=1S/C20H20FNO5/c1-26-14-5-3-4-12(8-14)15-10-22(11-16(15)20(24)25)19(23)13-6-7-18(27-2)17(21)9-13/h3-9,15-16H,10-11H2,1-2H3,(H,24,25)/t15-,16+/m0/s1. The van der Waals surface area contributed by atoms with Crippen LogP contribution in [0.3, 0.4) is 0 Å². The van der Waals surface area contributed by atoms with Gasteiger partial charge in [0.1, 0.15) is 5.75 Å². The maximum Gasteiger partial charge on any atom is 0.308 e. The number of nitrogens with zero attached hydrogens (tertiary/aromatic N) is 1. The summed E-state index contributed by atoms with van der Waals surface area (Å²) in [6.45, 7) is 0.292. The summed E-state index contributed by atoms with van der Waals surface area (Å²) in [6, 6.07) is 11.1. The fourth-order valence-corrected chi connectivity index (χ4v) is 3.41. The highest BCUT2D eigenvalue weighted by Crippen LogP contribution is 2.35. The predicted molar refractivity (Wildman–Crippen MR) is 95.7 cm³/mol. The van der Waals surface area contributed by atoms with Crippen molar-refractivity contribution in [3.05, 3.63) is 59.4 Å². The second kappa shape index (κ2) is 7.65. The van der Waals surface area contributed by atoms with Crippen LogP contribution in [0.4, 0.5) is 4.39 Å². The van der Waals surface area contributed by atoms with Crippen molar-refractivity contribution in [2.75, 3.05) is 27.3 Å². The van der Waals surface area contributed by atoms with E-state index in [0.29, 0.717) is 5.75 Å². The SMILES string of the molecule is COc1cccc([C@@H]2CN(C(=O)c3ccc(OC)c(F)c3)C[C@H]2C(=O)O)c1. The molecule has 2 aromatic rings. The molecule has 27 heavy (non-hydrogen) atoms. The third kappa shape index (κ3) is 3.72. The number of ether oxygens (including phenoxy) is 2. The van der Waals surface area contributed by atoms with E-state index in [-0.39, 0.29) is 30.3 Å². The molecule has 1 aliphatic heterocycles. The topological polar surface area (TPSA) is 76.1 Å². The molecule has 0 aromatic heterocycles. The summed E-state index contributed by atoms with van der Waals surface area (Å²) < 4.78 is 24.0. The summed E-state index contributed by atoms with van der Waals surface area (Å²) in [7, 11) is 2.88. The van der Waals surface area contributed by atoms with E-state index in [9.17, 15) is 19.1 Å². The number of carboxylic acids is 1. The van der Waals surface area contributed by atoms with Gasteiger partial charge in [-0.2, -0.15) is 0 Å². The van der Waals surface area contributed by atoms with Crippen molar-refractivity contribution in [2.24, 2.45) is 5.92 Å². The quantitative estimate of drug-likeness (QED) is 0.872. The van der Waals surface area contributed by atoms with Gasteiger partial charge in [-0.1, -0.05) is 12.1 Å². The number of halogens is 1. The van der Waals surface area contributed by atoms with Gasteiger partial charge in [0.2, 0.25) is 0 Å². The molecule has 0 saturated carbocycles. The van der Waals surface area contributed by atoms with Gasteiger partial charge in [-0.15, -0.1) is 0 Å². The van der Waals surface area contributed by atoms with Gasteiger partial charge in [0, 0.05) is 24.6 Å². The number of benzene rings is 2. The highest BCUT2D eigenvalue weighted by molar-refractivity contribution is 5.95. The van der Waals surface area contributed by atoms with Gasteiger partial charge < -0.3 is 19.5 Å². The van der Waals surface area contributed by atoms with E-state index in [1.165, 1.54) is 31.3 Å². The Morgan fingerprint density at radius 3 is 2.52 bits per heavy atom. The van der Waals surface area contributed by atoms with Crippen LogP contribution in [0, 0.1) is 11.7 Å². The number of hydrogen-bond acceptors (Lipinski definition) is 4. The fourth-order valence-electron chi connectivity index (χ4n) is 3.41. The monoisotopic (exact) mass is 373 g/mol. The molecule has 3 rings (SSSR count). The Labute approximate surface area is 156 Å². The number of methoxy groups -OCH3 is 2. The van der Waals surface area contributed by atoms with Crippen LogP contribution in [0.25, 0.3) is 0 Å². The van der Waals surface area contributed by atoms with Crippen LogP contribution in [-0.2, 0) is 4.79 Å². The Hall–Kier alpha value is -3.09. The molecule has 2 atom stereocenters. The first kappa shape index (κ1) is 18.7. The van der Waals surface area contributed by atoms with E-state index >= 15 is 0 Å². The normalized spacial score (nSPS) is 19.0. The second-order valence-electron chi connectivity index (χ2n) is 6.39. The van der Waals surface area contributed by atoms with Gasteiger partial charge in [-0.25, -0.2) is 4.39 Å². The zero-order chi connectivity index (χ0) is 19.6. The van der Waals surface area contributed by atoms with Crippen molar-refractivity contribution in [2.45, 2.75) is 5.92 Å². The number of carboxylic acid groups (broad SMARTS) is 1. The minimum Gasteiger partial charge on any atom is -0.497 e. The largest absolute Gasteiger partial charge is 0.497 e. The number of carbonyl (C=O) groups excluding carboxylic acids is 1. The molecule has 0 radical (unpaired) electrons. The molecule has 6 nitrogen and oxygen atoms in total. The lowest BCUT2D eigenvalue weighted by atomic mass is 9.89. The van der Waals surface area contributed by atoms with Crippen molar-refractivity contribution < 1.29 is 28.6 Å².